The fourth-order valence-electron chi connectivity index (χ4n) is 2.62. The van der Waals surface area contributed by atoms with E-state index in [1.807, 2.05) is 45.0 Å². The Hall–Kier alpha value is -2.30. The molecule has 1 aliphatic rings. The predicted octanol–water partition coefficient (Wildman–Crippen LogP) is 3.47. The zero-order chi connectivity index (χ0) is 17.7. The first-order valence-corrected chi connectivity index (χ1v) is 8.21. The summed E-state index contributed by atoms with van der Waals surface area (Å²) in [5.41, 5.74) is 1.71. The number of ether oxygens (including phenoxy) is 2. The summed E-state index contributed by atoms with van der Waals surface area (Å²) in [5.74, 6) is -0.402. The summed E-state index contributed by atoms with van der Waals surface area (Å²) in [6, 6.07) is 7.76. The van der Waals surface area contributed by atoms with Crippen LogP contribution in [0.3, 0.4) is 0 Å². The second kappa shape index (κ2) is 7.51. The van der Waals surface area contributed by atoms with E-state index in [2.05, 4.69) is 0 Å². The molecule has 1 aromatic carbocycles. The summed E-state index contributed by atoms with van der Waals surface area (Å²) < 4.78 is 10.4. The van der Waals surface area contributed by atoms with Gasteiger partial charge in [0.25, 0.3) is 0 Å². The average molecular weight is 331 g/mol. The van der Waals surface area contributed by atoms with Gasteiger partial charge in [0.1, 0.15) is 5.60 Å². The molecule has 1 heterocycles. The lowest BCUT2D eigenvalue weighted by molar-refractivity contribution is -0.137. The number of benzene rings is 1. The first-order chi connectivity index (χ1) is 11.3. The molecule has 0 saturated carbocycles. The molecule has 0 radical (unpaired) electrons. The summed E-state index contributed by atoms with van der Waals surface area (Å²) in [5, 5.41) is 0. The number of esters is 1. The summed E-state index contributed by atoms with van der Waals surface area (Å²) in [6.45, 7) is 8.07. The lowest BCUT2D eigenvalue weighted by Crippen LogP contribution is -2.45. The highest BCUT2D eigenvalue weighted by Crippen LogP contribution is 2.26. The third-order valence-electron chi connectivity index (χ3n) is 3.66. The lowest BCUT2D eigenvalue weighted by Gasteiger charge is -2.36. The van der Waals surface area contributed by atoms with Gasteiger partial charge in [-0.15, -0.1) is 0 Å². The number of rotatable bonds is 3. The molecule has 0 aliphatic carbocycles. The molecule has 1 unspecified atom stereocenters. The van der Waals surface area contributed by atoms with Gasteiger partial charge < -0.3 is 9.47 Å². The summed E-state index contributed by atoms with van der Waals surface area (Å²) in [7, 11) is 0. The van der Waals surface area contributed by atoms with Crippen molar-refractivity contribution in [2.75, 3.05) is 6.61 Å². The van der Waals surface area contributed by atoms with E-state index in [-0.39, 0.29) is 12.1 Å². The van der Waals surface area contributed by atoms with E-state index >= 15 is 0 Å². The molecule has 24 heavy (non-hydrogen) atoms. The van der Waals surface area contributed by atoms with Gasteiger partial charge in [0.2, 0.25) is 0 Å². The number of hydrogen-bond donors (Lipinski definition) is 0. The van der Waals surface area contributed by atoms with Crippen molar-refractivity contribution in [2.45, 2.75) is 52.3 Å². The molecule has 5 heteroatoms. The summed E-state index contributed by atoms with van der Waals surface area (Å²) >= 11 is 0. The van der Waals surface area contributed by atoms with Crippen LogP contribution < -0.4 is 0 Å². The van der Waals surface area contributed by atoms with Crippen LogP contribution in [0.25, 0.3) is 0 Å². The van der Waals surface area contributed by atoms with Gasteiger partial charge in [-0.1, -0.05) is 30.3 Å². The van der Waals surface area contributed by atoms with Crippen molar-refractivity contribution in [1.82, 2.24) is 4.90 Å². The Balaban J connectivity index is 2.23. The van der Waals surface area contributed by atoms with E-state index in [4.69, 9.17) is 9.47 Å². The average Bonchev–Trinajstić information content (AvgIpc) is 2.50. The van der Waals surface area contributed by atoms with E-state index in [9.17, 15) is 9.59 Å². The van der Waals surface area contributed by atoms with Gasteiger partial charge in [0.05, 0.1) is 12.6 Å². The van der Waals surface area contributed by atoms with Crippen LogP contribution in [0.2, 0.25) is 0 Å². The van der Waals surface area contributed by atoms with Crippen molar-refractivity contribution in [1.29, 1.82) is 0 Å². The molecule has 130 valence electrons. The van der Waals surface area contributed by atoms with Crippen LogP contribution in [-0.4, -0.2) is 35.2 Å². The summed E-state index contributed by atoms with van der Waals surface area (Å²) in [6.07, 6.45) is 3.37. The molecule has 1 amide bonds. The van der Waals surface area contributed by atoms with Crippen molar-refractivity contribution in [2.24, 2.45) is 0 Å². The molecule has 0 aromatic heterocycles. The molecule has 1 aromatic rings. The quantitative estimate of drug-likeness (QED) is 0.629. The zero-order valence-electron chi connectivity index (χ0n) is 14.7. The maximum absolute atomic E-state index is 12.6. The van der Waals surface area contributed by atoms with Crippen LogP contribution in [-0.2, 0) is 27.2 Å². The third-order valence-corrected chi connectivity index (χ3v) is 3.66. The van der Waals surface area contributed by atoms with Crippen molar-refractivity contribution in [3.63, 3.8) is 0 Å². The fourth-order valence-corrected chi connectivity index (χ4v) is 2.62. The van der Waals surface area contributed by atoms with Crippen molar-refractivity contribution in [3.8, 4) is 0 Å². The second-order valence-electron chi connectivity index (χ2n) is 6.76. The standard InChI is InChI=1S/C19H25NO4/c1-5-23-17(21)11-10-16-12-14-8-6-7-9-15(14)13-20(16)18(22)24-19(2,3)4/h6-11,16H,5,12-13H2,1-4H3/b11-10+. The van der Waals surface area contributed by atoms with E-state index in [1.165, 1.54) is 11.6 Å². The molecule has 1 aliphatic heterocycles. The maximum atomic E-state index is 12.6. The smallest absolute Gasteiger partial charge is 0.411 e. The summed E-state index contributed by atoms with van der Waals surface area (Å²) in [4.78, 5) is 25.8. The predicted molar refractivity (Wildman–Crippen MR) is 91.5 cm³/mol. The minimum atomic E-state index is -0.566. The first-order valence-electron chi connectivity index (χ1n) is 8.21. The van der Waals surface area contributed by atoms with E-state index in [0.29, 0.717) is 19.6 Å². The van der Waals surface area contributed by atoms with E-state index in [1.54, 1.807) is 17.9 Å². The number of hydrogen-bond acceptors (Lipinski definition) is 4. The zero-order valence-corrected chi connectivity index (χ0v) is 14.7. The Bertz CT molecular complexity index is 630. The Morgan fingerprint density at radius 1 is 1.25 bits per heavy atom. The van der Waals surface area contributed by atoms with Gasteiger partial charge in [-0.2, -0.15) is 0 Å². The fraction of sp³-hybridized carbons (Fsp3) is 0.474. The number of carbonyl (C=O) groups is 2. The SMILES string of the molecule is CCOC(=O)/C=C/C1Cc2ccccc2CN1C(=O)OC(C)(C)C. The third kappa shape index (κ3) is 4.85. The number of amides is 1. The van der Waals surface area contributed by atoms with Crippen LogP contribution >= 0.6 is 0 Å². The lowest BCUT2D eigenvalue weighted by atomic mass is 9.94. The van der Waals surface area contributed by atoms with Crippen LogP contribution in [0.5, 0.6) is 0 Å². The van der Waals surface area contributed by atoms with Gasteiger partial charge in [0, 0.05) is 12.6 Å². The van der Waals surface area contributed by atoms with Gasteiger partial charge in [-0.25, -0.2) is 9.59 Å². The second-order valence-corrected chi connectivity index (χ2v) is 6.76. The largest absolute Gasteiger partial charge is 0.463 e. The van der Waals surface area contributed by atoms with Gasteiger partial charge >= 0.3 is 12.1 Å². The Kier molecular flexibility index (Phi) is 5.65. The highest BCUT2D eigenvalue weighted by Gasteiger charge is 2.31. The van der Waals surface area contributed by atoms with Crippen molar-refractivity contribution in [3.05, 3.63) is 47.5 Å². The highest BCUT2D eigenvalue weighted by atomic mass is 16.6. The highest BCUT2D eigenvalue weighted by molar-refractivity contribution is 5.82. The Morgan fingerprint density at radius 2 is 1.92 bits per heavy atom. The molecular weight excluding hydrogens is 306 g/mol. The van der Waals surface area contributed by atoms with Crippen LogP contribution in [0, 0.1) is 0 Å². The molecule has 5 nitrogen and oxygen atoms in total. The minimum absolute atomic E-state index is 0.237. The van der Waals surface area contributed by atoms with Gasteiger partial charge in [0.15, 0.2) is 0 Å². The van der Waals surface area contributed by atoms with Gasteiger partial charge in [-0.3, -0.25) is 4.90 Å². The maximum Gasteiger partial charge on any atom is 0.411 e. The van der Waals surface area contributed by atoms with Crippen LogP contribution in [0.15, 0.2) is 36.4 Å². The molecule has 0 N–H and O–H groups in total. The normalized spacial score (nSPS) is 17.5. The molecule has 2 rings (SSSR count). The molecular formula is C19H25NO4. The minimum Gasteiger partial charge on any atom is -0.463 e. The number of carbonyl (C=O) groups excluding carboxylic acids is 2. The monoisotopic (exact) mass is 331 g/mol. The van der Waals surface area contributed by atoms with E-state index < -0.39 is 11.6 Å². The first kappa shape index (κ1) is 18.0. The van der Waals surface area contributed by atoms with Crippen LogP contribution in [0.4, 0.5) is 4.79 Å². The molecule has 0 spiro atoms. The molecule has 0 fully saturated rings. The molecule has 1 atom stereocenters. The topological polar surface area (TPSA) is 55.8 Å². The number of nitrogens with zero attached hydrogens (tertiary/aromatic N) is 1. The Morgan fingerprint density at radius 3 is 2.54 bits per heavy atom. The van der Waals surface area contributed by atoms with Crippen molar-refractivity contribution >= 4 is 12.1 Å². The Labute approximate surface area is 143 Å². The molecule has 0 bridgehead atoms. The van der Waals surface area contributed by atoms with Crippen molar-refractivity contribution < 1.29 is 19.1 Å². The van der Waals surface area contributed by atoms with E-state index in [0.717, 1.165) is 5.56 Å². The van der Waals surface area contributed by atoms with Crippen LogP contribution in [0.1, 0.15) is 38.8 Å². The number of fused-ring (bicyclic) bond motifs is 1. The van der Waals surface area contributed by atoms with Gasteiger partial charge in [-0.05, 0) is 45.2 Å². The molecule has 0 saturated heterocycles.